The minimum absolute atomic E-state index is 0.176. The Balaban J connectivity index is 1.23. The van der Waals surface area contributed by atoms with Gasteiger partial charge in [0.2, 0.25) is 0 Å². The van der Waals surface area contributed by atoms with Crippen molar-refractivity contribution in [2.75, 3.05) is 10.8 Å². The quantitative estimate of drug-likeness (QED) is 0.108. The van der Waals surface area contributed by atoms with Crippen LogP contribution in [0.15, 0.2) is 155 Å². The molecule has 0 fully saturated rings. The second-order valence-electron chi connectivity index (χ2n) is 11.3. The molecule has 0 saturated heterocycles. The van der Waals surface area contributed by atoms with Crippen molar-refractivity contribution in [3.8, 4) is 22.7 Å². The number of thioether (sulfide) groups is 1. The molecule has 7 rings (SSSR count). The molecule has 0 bridgehead atoms. The monoisotopic (exact) mass is 666 g/mol. The number of benzene rings is 5. The third-order valence-electron chi connectivity index (χ3n) is 7.86. The van der Waals surface area contributed by atoms with E-state index in [1.54, 1.807) is 11.8 Å². The summed E-state index contributed by atoms with van der Waals surface area (Å²) in [6.07, 6.45) is 3.89. The fourth-order valence-corrected chi connectivity index (χ4v) is 6.25. The molecule has 0 unspecified atom stereocenters. The van der Waals surface area contributed by atoms with Crippen molar-refractivity contribution in [3.63, 3.8) is 0 Å². The number of aromatic nitrogens is 2. The van der Waals surface area contributed by atoms with E-state index in [4.69, 9.17) is 26.5 Å². The number of ether oxygens (including phenoxy) is 1. The summed E-state index contributed by atoms with van der Waals surface area (Å²) >= 11 is 7.68. The Labute approximate surface area is 289 Å². The first kappa shape index (κ1) is 31.2. The van der Waals surface area contributed by atoms with Crippen LogP contribution in [-0.4, -0.2) is 27.2 Å². The molecule has 0 radical (unpaired) electrons. The van der Waals surface area contributed by atoms with E-state index in [0.717, 1.165) is 44.4 Å². The van der Waals surface area contributed by atoms with E-state index in [1.165, 1.54) is 10.6 Å². The normalized spacial score (nSPS) is 13.6. The number of carbonyl (C=O) groups excluding carboxylic acids is 1. The summed E-state index contributed by atoms with van der Waals surface area (Å²) in [5.41, 5.74) is 7.56. The maximum atomic E-state index is 14.0. The fraction of sp³-hybridized carbons (Fsp3) is 0.0750. The molecule has 0 atom stereocenters. The van der Waals surface area contributed by atoms with E-state index < -0.39 is 0 Å². The lowest BCUT2D eigenvalue weighted by Gasteiger charge is -2.11. The van der Waals surface area contributed by atoms with Gasteiger partial charge >= 0.3 is 0 Å². The molecule has 0 saturated carbocycles. The van der Waals surface area contributed by atoms with Crippen molar-refractivity contribution in [1.29, 1.82) is 0 Å². The molecule has 2 heterocycles. The van der Waals surface area contributed by atoms with Crippen LogP contribution in [0.5, 0.6) is 5.75 Å². The summed E-state index contributed by atoms with van der Waals surface area (Å²) in [5, 5.41) is 12.0. The number of anilines is 1. The van der Waals surface area contributed by atoms with Crippen LogP contribution < -0.4 is 9.75 Å². The molecule has 6 nitrogen and oxygen atoms in total. The van der Waals surface area contributed by atoms with Gasteiger partial charge in [0.25, 0.3) is 5.91 Å². The van der Waals surface area contributed by atoms with Gasteiger partial charge in [-0.15, -0.1) is 11.8 Å². The molecule has 1 aliphatic rings. The van der Waals surface area contributed by atoms with Crippen LogP contribution in [0.2, 0.25) is 5.02 Å². The summed E-state index contributed by atoms with van der Waals surface area (Å²) in [6.45, 7) is 2.50. The van der Waals surface area contributed by atoms with Gasteiger partial charge in [-0.25, -0.2) is 4.68 Å². The highest BCUT2D eigenvalue weighted by Crippen LogP contribution is 2.32. The highest BCUT2D eigenvalue weighted by molar-refractivity contribution is 8.00. The molecule has 1 amide bonds. The maximum absolute atomic E-state index is 14.0. The standard InChI is InChI=1S/C40H31ClN4O2S/c1-28-12-22-36(23-13-28)48-27-38-37(40(46)45(42-38)34-10-6-3-7-11-34)24-31-25-44(33-8-4-2-5-9-33)43-39(31)30-16-20-35(21-17-30)47-26-29-14-18-32(41)19-15-29/h2-25H,26-27H2,1H3/b37-24-. The Morgan fingerprint density at radius 2 is 1.46 bits per heavy atom. The van der Waals surface area contributed by atoms with Gasteiger partial charge in [0.15, 0.2) is 0 Å². The first-order chi connectivity index (χ1) is 23.5. The van der Waals surface area contributed by atoms with Crippen LogP contribution in [0.4, 0.5) is 5.69 Å². The number of hydrogen-bond donors (Lipinski definition) is 0. The van der Waals surface area contributed by atoms with E-state index in [1.807, 2.05) is 126 Å². The predicted octanol–water partition coefficient (Wildman–Crippen LogP) is 9.66. The second-order valence-corrected chi connectivity index (χ2v) is 12.8. The zero-order valence-electron chi connectivity index (χ0n) is 26.2. The molecule has 0 aliphatic carbocycles. The second kappa shape index (κ2) is 14.2. The molecule has 0 N–H and O–H groups in total. The number of nitrogens with zero attached hydrogens (tertiary/aromatic N) is 4. The summed E-state index contributed by atoms with van der Waals surface area (Å²) in [5.74, 6) is 1.10. The molecular formula is C40H31ClN4O2S. The first-order valence-corrected chi connectivity index (χ1v) is 16.9. The lowest BCUT2D eigenvalue weighted by molar-refractivity contribution is -0.114. The number of halogens is 1. The summed E-state index contributed by atoms with van der Waals surface area (Å²) < 4.78 is 7.88. The molecule has 6 aromatic rings. The van der Waals surface area contributed by atoms with Crippen LogP contribution in [0.3, 0.4) is 0 Å². The lowest BCUT2D eigenvalue weighted by atomic mass is 10.0. The average Bonchev–Trinajstić information content (AvgIpc) is 3.69. The van der Waals surface area contributed by atoms with Crippen molar-refractivity contribution in [2.45, 2.75) is 18.4 Å². The van der Waals surface area contributed by atoms with Gasteiger partial charge < -0.3 is 4.74 Å². The third-order valence-corrected chi connectivity index (χ3v) is 9.14. The van der Waals surface area contributed by atoms with Crippen LogP contribution in [0.1, 0.15) is 16.7 Å². The molecule has 1 aromatic heterocycles. The van der Waals surface area contributed by atoms with Crippen molar-refractivity contribution in [3.05, 3.63) is 167 Å². The van der Waals surface area contributed by atoms with Gasteiger partial charge in [0, 0.05) is 33.0 Å². The summed E-state index contributed by atoms with van der Waals surface area (Å²) in [6, 6.07) is 43.3. The SMILES string of the molecule is Cc1ccc(SCC2=NN(c3ccccc3)C(=O)/C2=C\c2cn(-c3ccccc3)nc2-c2ccc(OCc3ccc(Cl)cc3)cc2)cc1. The number of aryl methyl sites for hydroxylation is 1. The Hall–Kier alpha value is -5.37. The summed E-state index contributed by atoms with van der Waals surface area (Å²) in [4.78, 5) is 15.2. The van der Waals surface area contributed by atoms with E-state index in [9.17, 15) is 4.79 Å². The first-order valence-electron chi connectivity index (χ1n) is 15.5. The molecule has 236 valence electrons. The van der Waals surface area contributed by atoms with Crippen LogP contribution >= 0.6 is 23.4 Å². The number of hydrogen-bond acceptors (Lipinski definition) is 5. The zero-order valence-corrected chi connectivity index (χ0v) is 27.7. The van der Waals surface area contributed by atoms with Crippen molar-refractivity contribution < 1.29 is 9.53 Å². The van der Waals surface area contributed by atoms with Crippen molar-refractivity contribution in [1.82, 2.24) is 9.78 Å². The Morgan fingerprint density at radius 1 is 0.792 bits per heavy atom. The van der Waals surface area contributed by atoms with Crippen LogP contribution in [0.25, 0.3) is 23.0 Å². The number of para-hydroxylation sites is 2. The average molecular weight is 667 g/mol. The molecule has 48 heavy (non-hydrogen) atoms. The highest BCUT2D eigenvalue weighted by atomic mass is 35.5. The molecule has 0 spiro atoms. The van der Waals surface area contributed by atoms with Gasteiger partial charge in [0.05, 0.1) is 28.4 Å². The van der Waals surface area contributed by atoms with E-state index in [0.29, 0.717) is 28.7 Å². The zero-order chi connectivity index (χ0) is 32.9. The van der Waals surface area contributed by atoms with Crippen molar-refractivity contribution >= 4 is 46.7 Å². The third kappa shape index (κ3) is 7.13. The lowest BCUT2D eigenvalue weighted by Crippen LogP contribution is -2.21. The Morgan fingerprint density at radius 3 is 2.15 bits per heavy atom. The van der Waals surface area contributed by atoms with E-state index in [2.05, 4.69) is 31.2 Å². The largest absolute Gasteiger partial charge is 0.489 e. The van der Waals surface area contributed by atoms with Gasteiger partial charge in [0.1, 0.15) is 12.4 Å². The van der Waals surface area contributed by atoms with Gasteiger partial charge in [-0.3, -0.25) is 4.79 Å². The fourth-order valence-electron chi connectivity index (χ4n) is 5.28. The van der Waals surface area contributed by atoms with Gasteiger partial charge in [-0.05, 0) is 91.4 Å². The highest BCUT2D eigenvalue weighted by Gasteiger charge is 2.31. The Kier molecular flexibility index (Phi) is 9.23. The van der Waals surface area contributed by atoms with Crippen molar-refractivity contribution in [2.24, 2.45) is 5.10 Å². The molecular weight excluding hydrogens is 636 g/mol. The van der Waals surface area contributed by atoms with Gasteiger partial charge in [-0.2, -0.15) is 15.2 Å². The number of amides is 1. The Bertz CT molecular complexity index is 2090. The van der Waals surface area contributed by atoms with E-state index in [-0.39, 0.29) is 5.91 Å². The molecule has 5 aromatic carbocycles. The van der Waals surface area contributed by atoms with Gasteiger partial charge in [-0.1, -0.05) is 77.8 Å². The number of carbonyl (C=O) groups is 1. The number of hydrazone groups is 1. The molecule has 1 aliphatic heterocycles. The van der Waals surface area contributed by atoms with Crippen LogP contribution in [-0.2, 0) is 11.4 Å². The minimum Gasteiger partial charge on any atom is -0.489 e. The van der Waals surface area contributed by atoms with Crippen LogP contribution in [0, 0.1) is 6.92 Å². The summed E-state index contributed by atoms with van der Waals surface area (Å²) in [7, 11) is 0. The smallest absolute Gasteiger partial charge is 0.280 e. The topological polar surface area (TPSA) is 59.7 Å². The minimum atomic E-state index is -0.176. The predicted molar refractivity (Wildman–Crippen MR) is 196 cm³/mol. The van der Waals surface area contributed by atoms with E-state index >= 15 is 0 Å². The maximum Gasteiger partial charge on any atom is 0.280 e. The number of rotatable bonds is 10. The molecule has 8 heteroatoms.